The molecule has 2 aromatic heterocycles. The van der Waals surface area contributed by atoms with Crippen molar-refractivity contribution in [3.05, 3.63) is 21.6 Å². The first-order valence-corrected chi connectivity index (χ1v) is 6.23. The van der Waals surface area contributed by atoms with Gasteiger partial charge in [-0.05, 0) is 19.8 Å². The lowest BCUT2D eigenvalue weighted by Gasteiger charge is -2.12. The topological polar surface area (TPSA) is 50.9 Å². The van der Waals surface area contributed by atoms with Crippen LogP contribution in [0, 0.1) is 6.92 Å². The molecule has 2 heterocycles. The van der Waals surface area contributed by atoms with E-state index in [0.29, 0.717) is 6.54 Å². The molecule has 0 fully saturated rings. The molecule has 0 atom stereocenters. The summed E-state index contributed by atoms with van der Waals surface area (Å²) in [5.74, 6) is 0. The number of thiazole rings is 1. The zero-order valence-electron chi connectivity index (χ0n) is 9.10. The largest absolute Gasteiger partial charge is 0.394 e. The summed E-state index contributed by atoms with van der Waals surface area (Å²) in [5.41, 5.74) is 3.45. The highest BCUT2D eigenvalue weighted by Crippen LogP contribution is 2.35. The number of hydrogen-bond donors (Lipinski definition) is 1. The third kappa shape index (κ3) is 1.39. The quantitative estimate of drug-likeness (QED) is 0.856. The Morgan fingerprint density at radius 3 is 3.19 bits per heavy atom. The molecule has 0 amide bonds. The number of aliphatic hydroxyl groups excluding tert-OH is 1. The number of aromatic nitrogens is 3. The highest BCUT2D eigenvalue weighted by atomic mass is 32.1. The molecule has 0 saturated heterocycles. The zero-order valence-corrected chi connectivity index (χ0v) is 9.92. The first kappa shape index (κ1) is 9.99. The smallest absolute Gasteiger partial charge is 0.103 e. The molecule has 16 heavy (non-hydrogen) atoms. The summed E-state index contributed by atoms with van der Waals surface area (Å²) in [4.78, 5) is 5.94. The Labute approximate surface area is 97.6 Å². The molecule has 0 bridgehead atoms. The van der Waals surface area contributed by atoms with Crippen LogP contribution in [0.4, 0.5) is 0 Å². The summed E-state index contributed by atoms with van der Waals surface area (Å²) >= 11 is 1.77. The Hall–Kier alpha value is -1.20. The van der Waals surface area contributed by atoms with Crippen LogP contribution in [0.5, 0.6) is 0 Å². The van der Waals surface area contributed by atoms with Crippen LogP contribution >= 0.6 is 11.3 Å². The fourth-order valence-electron chi connectivity index (χ4n) is 2.22. The van der Waals surface area contributed by atoms with Crippen LogP contribution < -0.4 is 0 Å². The van der Waals surface area contributed by atoms with Crippen LogP contribution in [0.25, 0.3) is 11.4 Å². The van der Waals surface area contributed by atoms with Crippen LogP contribution in [0.1, 0.15) is 15.4 Å². The van der Waals surface area contributed by atoms with Crippen LogP contribution in [-0.2, 0) is 19.4 Å². The lowest BCUT2D eigenvalue weighted by atomic mass is 10.0. The van der Waals surface area contributed by atoms with Gasteiger partial charge in [-0.15, -0.1) is 11.3 Å². The Morgan fingerprint density at radius 1 is 1.50 bits per heavy atom. The molecular formula is C11H13N3OS. The molecular weight excluding hydrogens is 222 g/mol. The van der Waals surface area contributed by atoms with E-state index in [0.717, 1.165) is 29.2 Å². The van der Waals surface area contributed by atoms with Gasteiger partial charge in [-0.3, -0.25) is 4.68 Å². The first-order chi connectivity index (χ1) is 7.79. The average molecular weight is 235 g/mol. The monoisotopic (exact) mass is 235 g/mol. The van der Waals surface area contributed by atoms with Crippen LogP contribution in [0.3, 0.4) is 0 Å². The van der Waals surface area contributed by atoms with Gasteiger partial charge < -0.3 is 5.11 Å². The van der Waals surface area contributed by atoms with Crippen LogP contribution in [-0.4, -0.2) is 26.5 Å². The second-order valence-corrected chi connectivity index (χ2v) is 5.26. The summed E-state index contributed by atoms with van der Waals surface area (Å²) < 4.78 is 1.87. The summed E-state index contributed by atoms with van der Waals surface area (Å²) in [5, 5.41) is 14.4. The van der Waals surface area contributed by atoms with E-state index in [9.17, 15) is 0 Å². The van der Waals surface area contributed by atoms with E-state index >= 15 is 0 Å². The fourth-order valence-corrected chi connectivity index (χ4v) is 3.15. The Kier molecular flexibility index (Phi) is 2.29. The molecule has 1 aliphatic carbocycles. The minimum Gasteiger partial charge on any atom is -0.394 e. The zero-order chi connectivity index (χ0) is 11.1. The maximum absolute atomic E-state index is 9.01. The van der Waals surface area contributed by atoms with Crippen LogP contribution in [0.2, 0.25) is 0 Å². The second-order valence-electron chi connectivity index (χ2n) is 3.97. The lowest BCUT2D eigenvalue weighted by molar-refractivity contribution is 0.270. The predicted molar refractivity (Wildman–Crippen MR) is 62.6 cm³/mol. The van der Waals surface area contributed by atoms with Gasteiger partial charge >= 0.3 is 0 Å². The van der Waals surface area contributed by atoms with E-state index in [1.54, 1.807) is 11.3 Å². The van der Waals surface area contributed by atoms with Gasteiger partial charge in [0.05, 0.1) is 30.1 Å². The van der Waals surface area contributed by atoms with Gasteiger partial charge in [0.1, 0.15) is 5.69 Å². The summed E-state index contributed by atoms with van der Waals surface area (Å²) in [6, 6.07) is 0. The molecule has 0 aromatic carbocycles. The van der Waals surface area contributed by atoms with Crippen molar-refractivity contribution >= 4 is 11.3 Å². The van der Waals surface area contributed by atoms with Crippen molar-refractivity contribution in [2.24, 2.45) is 0 Å². The van der Waals surface area contributed by atoms with Crippen molar-refractivity contribution in [1.29, 1.82) is 0 Å². The molecule has 0 saturated carbocycles. The minimum atomic E-state index is 0.118. The van der Waals surface area contributed by atoms with Gasteiger partial charge in [0.25, 0.3) is 0 Å². The molecule has 3 rings (SSSR count). The van der Waals surface area contributed by atoms with Gasteiger partial charge in [-0.1, -0.05) is 0 Å². The SMILES string of the molecule is Cc1nc2c(s1)CCc1cnn(CCO)c1-2. The van der Waals surface area contributed by atoms with Crippen molar-refractivity contribution in [2.45, 2.75) is 26.3 Å². The van der Waals surface area contributed by atoms with Crippen molar-refractivity contribution in [3.8, 4) is 11.4 Å². The third-order valence-electron chi connectivity index (χ3n) is 2.88. The average Bonchev–Trinajstić information content (AvgIpc) is 2.81. The van der Waals surface area contributed by atoms with Gasteiger partial charge in [0.2, 0.25) is 0 Å². The van der Waals surface area contributed by atoms with E-state index in [1.165, 1.54) is 10.4 Å². The predicted octanol–water partition coefficient (Wildman–Crippen LogP) is 1.41. The minimum absolute atomic E-state index is 0.118. The lowest BCUT2D eigenvalue weighted by Crippen LogP contribution is -2.09. The van der Waals surface area contributed by atoms with E-state index in [2.05, 4.69) is 10.1 Å². The van der Waals surface area contributed by atoms with E-state index in [1.807, 2.05) is 17.8 Å². The number of nitrogens with zero attached hydrogens (tertiary/aromatic N) is 3. The molecule has 5 heteroatoms. The van der Waals surface area contributed by atoms with Gasteiger partial charge in [0.15, 0.2) is 0 Å². The molecule has 1 N–H and O–H groups in total. The molecule has 2 aromatic rings. The Bertz CT molecular complexity index is 529. The van der Waals surface area contributed by atoms with Gasteiger partial charge in [0, 0.05) is 10.4 Å². The normalized spacial score (nSPS) is 13.6. The molecule has 84 valence electrons. The third-order valence-corrected chi connectivity index (χ3v) is 3.91. The Morgan fingerprint density at radius 2 is 2.38 bits per heavy atom. The second kappa shape index (κ2) is 3.68. The van der Waals surface area contributed by atoms with Gasteiger partial charge in [-0.2, -0.15) is 5.10 Å². The van der Waals surface area contributed by atoms with E-state index < -0.39 is 0 Å². The maximum atomic E-state index is 9.01. The molecule has 1 aliphatic rings. The number of aryl methyl sites for hydroxylation is 3. The highest BCUT2D eigenvalue weighted by molar-refractivity contribution is 7.12. The summed E-state index contributed by atoms with van der Waals surface area (Å²) in [6.45, 7) is 2.70. The molecule has 0 radical (unpaired) electrons. The van der Waals surface area contributed by atoms with Crippen molar-refractivity contribution < 1.29 is 5.11 Å². The molecule has 0 unspecified atom stereocenters. The maximum Gasteiger partial charge on any atom is 0.103 e. The standard InChI is InChI=1S/C11H13N3OS/c1-7-13-10-9(16-7)3-2-8-6-12-14(4-5-15)11(8)10/h6,15H,2-5H2,1H3. The number of rotatable bonds is 2. The Balaban J connectivity index is 2.16. The summed E-state index contributed by atoms with van der Waals surface area (Å²) in [7, 11) is 0. The first-order valence-electron chi connectivity index (χ1n) is 5.42. The summed E-state index contributed by atoms with van der Waals surface area (Å²) in [6.07, 6.45) is 4.01. The fraction of sp³-hybridized carbons (Fsp3) is 0.455. The number of aliphatic hydroxyl groups is 1. The van der Waals surface area contributed by atoms with Crippen molar-refractivity contribution in [3.63, 3.8) is 0 Å². The van der Waals surface area contributed by atoms with Gasteiger partial charge in [-0.25, -0.2) is 4.98 Å². The molecule has 0 spiro atoms. The highest BCUT2D eigenvalue weighted by Gasteiger charge is 2.23. The van der Waals surface area contributed by atoms with Crippen molar-refractivity contribution in [2.75, 3.05) is 6.61 Å². The van der Waals surface area contributed by atoms with Crippen LogP contribution in [0.15, 0.2) is 6.20 Å². The number of hydrogen-bond acceptors (Lipinski definition) is 4. The van der Waals surface area contributed by atoms with E-state index in [4.69, 9.17) is 5.11 Å². The van der Waals surface area contributed by atoms with Crippen molar-refractivity contribution in [1.82, 2.24) is 14.8 Å². The van der Waals surface area contributed by atoms with E-state index in [-0.39, 0.29) is 6.61 Å². The molecule has 0 aliphatic heterocycles. The molecule has 4 nitrogen and oxygen atoms in total. The number of fused-ring (bicyclic) bond motifs is 3.